The number of hydrogen-bond donors (Lipinski definition) is 1. The van der Waals surface area contributed by atoms with E-state index in [0.717, 1.165) is 30.8 Å². The highest BCUT2D eigenvalue weighted by atomic mass is 32.2. The third-order valence-corrected chi connectivity index (χ3v) is 4.97. The Morgan fingerprint density at radius 3 is 2.53 bits per heavy atom. The lowest BCUT2D eigenvalue weighted by Gasteiger charge is -2.23. The topological polar surface area (TPSA) is 12.0 Å². The van der Waals surface area contributed by atoms with E-state index >= 15 is 0 Å². The van der Waals surface area contributed by atoms with Crippen LogP contribution in [0.2, 0.25) is 0 Å². The molecule has 1 aromatic carbocycles. The summed E-state index contributed by atoms with van der Waals surface area (Å²) in [4.78, 5) is 0.838. The van der Waals surface area contributed by atoms with Gasteiger partial charge in [-0.1, -0.05) is 6.07 Å². The van der Waals surface area contributed by atoms with E-state index < -0.39 is 0 Å². The van der Waals surface area contributed by atoms with Crippen molar-refractivity contribution in [3.05, 3.63) is 29.6 Å². The van der Waals surface area contributed by atoms with E-state index in [0.29, 0.717) is 11.2 Å². The van der Waals surface area contributed by atoms with Crippen LogP contribution in [-0.2, 0) is 0 Å². The molecule has 0 spiro atoms. The first-order chi connectivity index (χ1) is 8.33. The van der Waals surface area contributed by atoms with Crippen molar-refractivity contribution in [3.63, 3.8) is 0 Å². The largest absolute Gasteiger partial charge is 0.317 e. The van der Waals surface area contributed by atoms with Gasteiger partial charge in [0.25, 0.3) is 0 Å². The van der Waals surface area contributed by atoms with E-state index in [4.69, 9.17) is 0 Å². The lowest BCUT2D eigenvalue weighted by Crippen LogP contribution is -2.26. The summed E-state index contributed by atoms with van der Waals surface area (Å²) in [7, 11) is 0. The Hall–Kier alpha value is -0.540. The van der Waals surface area contributed by atoms with Gasteiger partial charge in [0.1, 0.15) is 5.82 Å². The number of benzene rings is 1. The molecule has 1 aliphatic heterocycles. The summed E-state index contributed by atoms with van der Waals surface area (Å²) >= 11 is 1.70. The molecule has 0 aromatic heterocycles. The lowest BCUT2D eigenvalue weighted by atomic mass is 9.90. The summed E-state index contributed by atoms with van der Waals surface area (Å²) in [5, 5.41) is 4.02. The normalized spacial score (nSPS) is 21.7. The maximum absolute atomic E-state index is 14.0. The molecule has 1 aliphatic carbocycles. The molecule has 0 amide bonds. The van der Waals surface area contributed by atoms with Gasteiger partial charge in [-0.2, -0.15) is 0 Å². The van der Waals surface area contributed by atoms with Crippen LogP contribution < -0.4 is 5.32 Å². The molecule has 92 valence electrons. The monoisotopic (exact) mass is 251 g/mol. The summed E-state index contributed by atoms with van der Waals surface area (Å²) in [6.45, 7) is 2.12. The summed E-state index contributed by atoms with van der Waals surface area (Å²) in [5.41, 5.74) is 1.18. The molecule has 0 unspecified atom stereocenters. The molecule has 1 heterocycles. The number of thioether (sulfide) groups is 1. The summed E-state index contributed by atoms with van der Waals surface area (Å²) in [6, 6.07) is 5.88. The SMILES string of the molecule is Fc1cc(C2CCNCC2)ccc1SC1CC1. The fourth-order valence-electron chi connectivity index (χ4n) is 2.39. The van der Waals surface area contributed by atoms with Gasteiger partial charge in [-0.3, -0.25) is 0 Å². The Balaban J connectivity index is 1.74. The predicted molar refractivity (Wildman–Crippen MR) is 70.1 cm³/mol. The van der Waals surface area contributed by atoms with Crippen molar-refractivity contribution in [2.75, 3.05) is 13.1 Å². The second-order valence-corrected chi connectivity index (χ2v) is 6.37. The first-order valence-corrected chi connectivity index (χ1v) is 7.38. The van der Waals surface area contributed by atoms with Crippen molar-refractivity contribution >= 4 is 11.8 Å². The third kappa shape index (κ3) is 2.83. The predicted octanol–water partition coefficient (Wildman–Crippen LogP) is 3.55. The van der Waals surface area contributed by atoms with Gasteiger partial charge in [0.15, 0.2) is 0 Å². The van der Waals surface area contributed by atoms with Gasteiger partial charge in [-0.25, -0.2) is 4.39 Å². The molecule has 3 rings (SSSR count). The van der Waals surface area contributed by atoms with Crippen LogP contribution in [-0.4, -0.2) is 18.3 Å². The zero-order chi connectivity index (χ0) is 11.7. The summed E-state index contributed by atoms with van der Waals surface area (Å²) in [5.74, 6) is 0.531. The van der Waals surface area contributed by atoms with Crippen molar-refractivity contribution in [1.29, 1.82) is 0 Å². The van der Waals surface area contributed by atoms with Gasteiger partial charge < -0.3 is 5.32 Å². The first-order valence-electron chi connectivity index (χ1n) is 6.50. The van der Waals surface area contributed by atoms with E-state index in [1.54, 1.807) is 17.8 Å². The van der Waals surface area contributed by atoms with E-state index in [-0.39, 0.29) is 5.82 Å². The van der Waals surface area contributed by atoms with Crippen molar-refractivity contribution in [2.45, 2.75) is 41.7 Å². The van der Waals surface area contributed by atoms with Crippen LogP contribution in [0.3, 0.4) is 0 Å². The highest BCUT2D eigenvalue weighted by Crippen LogP contribution is 2.40. The maximum atomic E-state index is 14.0. The maximum Gasteiger partial charge on any atom is 0.137 e. The number of nitrogens with one attached hydrogen (secondary N) is 1. The molecule has 2 aliphatic rings. The molecule has 1 saturated heterocycles. The Labute approximate surface area is 106 Å². The molecule has 3 heteroatoms. The highest BCUT2D eigenvalue weighted by molar-refractivity contribution is 8.00. The molecule has 1 nitrogen and oxygen atoms in total. The number of hydrogen-bond acceptors (Lipinski definition) is 2. The van der Waals surface area contributed by atoms with Crippen molar-refractivity contribution < 1.29 is 4.39 Å². The van der Waals surface area contributed by atoms with Crippen molar-refractivity contribution in [3.8, 4) is 0 Å². The van der Waals surface area contributed by atoms with Crippen LogP contribution in [0.5, 0.6) is 0 Å². The molecule has 17 heavy (non-hydrogen) atoms. The molecule has 1 N–H and O–H groups in total. The molecule has 2 fully saturated rings. The average Bonchev–Trinajstić information content (AvgIpc) is 3.17. The number of piperidine rings is 1. The van der Waals surface area contributed by atoms with Crippen LogP contribution in [0.1, 0.15) is 37.2 Å². The Bertz CT molecular complexity index is 397. The minimum Gasteiger partial charge on any atom is -0.317 e. The minimum atomic E-state index is -0.0158. The van der Waals surface area contributed by atoms with Crippen LogP contribution in [0, 0.1) is 5.82 Å². The van der Waals surface area contributed by atoms with E-state index in [1.165, 1.54) is 18.4 Å². The fraction of sp³-hybridized carbons (Fsp3) is 0.571. The molecule has 0 radical (unpaired) electrons. The minimum absolute atomic E-state index is 0.0158. The van der Waals surface area contributed by atoms with Crippen LogP contribution in [0.15, 0.2) is 23.1 Å². The first kappa shape index (κ1) is 11.5. The van der Waals surface area contributed by atoms with Crippen LogP contribution >= 0.6 is 11.8 Å². The highest BCUT2D eigenvalue weighted by Gasteiger charge is 2.24. The molecule has 0 bridgehead atoms. The Morgan fingerprint density at radius 2 is 1.88 bits per heavy atom. The smallest absolute Gasteiger partial charge is 0.137 e. The van der Waals surface area contributed by atoms with Crippen LogP contribution in [0.4, 0.5) is 4.39 Å². The zero-order valence-corrected chi connectivity index (χ0v) is 10.7. The van der Waals surface area contributed by atoms with E-state index in [1.807, 2.05) is 6.07 Å². The van der Waals surface area contributed by atoms with Gasteiger partial charge in [0, 0.05) is 10.1 Å². The zero-order valence-electron chi connectivity index (χ0n) is 9.92. The molecule has 1 saturated carbocycles. The third-order valence-electron chi connectivity index (χ3n) is 3.58. The molecule has 1 aromatic rings. The van der Waals surface area contributed by atoms with Crippen molar-refractivity contribution in [2.24, 2.45) is 0 Å². The quantitative estimate of drug-likeness (QED) is 0.881. The fourth-order valence-corrected chi connectivity index (χ4v) is 3.44. The van der Waals surface area contributed by atoms with Crippen molar-refractivity contribution in [1.82, 2.24) is 5.32 Å². The molecular formula is C14H18FNS. The molecule has 0 atom stereocenters. The number of rotatable bonds is 3. The van der Waals surface area contributed by atoms with Gasteiger partial charge in [-0.05, 0) is 62.4 Å². The summed E-state index contributed by atoms with van der Waals surface area (Å²) in [6.07, 6.45) is 4.77. The number of halogens is 1. The Morgan fingerprint density at radius 1 is 1.12 bits per heavy atom. The van der Waals surface area contributed by atoms with Gasteiger partial charge >= 0.3 is 0 Å². The van der Waals surface area contributed by atoms with E-state index in [9.17, 15) is 4.39 Å². The second kappa shape index (κ2) is 4.99. The second-order valence-electron chi connectivity index (χ2n) is 5.03. The van der Waals surface area contributed by atoms with Crippen LogP contribution in [0.25, 0.3) is 0 Å². The average molecular weight is 251 g/mol. The van der Waals surface area contributed by atoms with E-state index in [2.05, 4.69) is 11.4 Å². The molecular weight excluding hydrogens is 233 g/mol. The van der Waals surface area contributed by atoms with Gasteiger partial charge in [0.05, 0.1) is 0 Å². The standard InChI is InChI=1S/C14H18FNS/c15-13-9-11(10-5-7-16-8-6-10)1-4-14(13)17-12-2-3-12/h1,4,9-10,12,16H,2-3,5-8H2. The summed E-state index contributed by atoms with van der Waals surface area (Å²) < 4.78 is 14.0. The lowest BCUT2D eigenvalue weighted by molar-refractivity contribution is 0.458. The van der Waals surface area contributed by atoms with Gasteiger partial charge in [-0.15, -0.1) is 11.8 Å². The van der Waals surface area contributed by atoms with Gasteiger partial charge in [0.2, 0.25) is 0 Å². The Kier molecular flexibility index (Phi) is 3.39.